The summed E-state index contributed by atoms with van der Waals surface area (Å²) in [6, 6.07) is 6.76. The number of hydrogen-bond donors (Lipinski definition) is 2. The van der Waals surface area contributed by atoms with Gasteiger partial charge in [0.25, 0.3) is 0 Å². The third-order valence-corrected chi connectivity index (χ3v) is 4.05. The van der Waals surface area contributed by atoms with E-state index < -0.39 is 12.1 Å². The number of ether oxygens (including phenoxy) is 2. The summed E-state index contributed by atoms with van der Waals surface area (Å²) in [7, 11) is 1.34. The van der Waals surface area contributed by atoms with Gasteiger partial charge in [0.05, 0.1) is 12.7 Å². The largest absolute Gasteiger partial charge is 0.491 e. The average Bonchev–Trinajstić information content (AvgIpc) is 2.62. The van der Waals surface area contributed by atoms with Crippen molar-refractivity contribution in [2.45, 2.75) is 45.6 Å². The van der Waals surface area contributed by atoms with Gasteiger partial charge in [0.1, 0.15) is 18.5 Å². The highest BCUT2D eigenvalue weighted by molar-refractivity contribution is 5.89. The van der Waals surface area contributed by atoms with Crippen LogP contribution in [0, 0.1) is 5.92 Å². The molecule has 5 nitrogen and oxygen atoms in total. The third kappa shape index (κ3) is 7.79. The van der Waals surface area contributed by atoms with Crippen LogP contribution in [0.2, 0.25) is 0 Å². The minimum Gasteiger partial charge on any atom is -0.491 e. The number of nitrogens with one attached hydrogen (secondary N) is 1. The molecule has 1 aromatic carbocycles. The van der Waals surface area contributed by atoms with Crippen molar-refractivity contribution in [2.75, 3.05) is 26.8 Å². The first kappa shape index (κ1) is 20.5. The Morgan fingerprint density at radius 2 is 2.08 bits per heavy atom. The van der Waals surface area contributed by atoms with Crippen LogP contribution in [-0.2, 0) is 4.74 Å². The third-order valence-electron chi connectivity index (χ3n) is 4.05. The van der Waals surface area contributed by atoms with Crippen molar-refractivity contribution >= 4 is 5.97 Å². The molecule has 24 heavy (non-hydrogen) atoms. The van der Waals surface area contributed by atoms with Crippen molar-refractivity contribution in [3.8, 4) is 5.75 Å². The first-order chi connectivity index (χ1) is 11.6. The predicted octanol–water partition coefficient (Wildman–Crippen LogP) is 3.02. The zero-order chi connectivity index (χ0) is 17.8. The van der Waals surface area contributed by atoms with E-state index in [4.69, 9.17) is 4.74 Å². The molecule has 5 heteroatoms. The lowest BCUT2D eigenvalue weighted by molar-refractivity contribution is 0.0600. The smallest absolute Gasteiger partial charge is 0.337 e. The van der Waals surface area contributed by atoms with Crippen molar-refractivity contribution in [3.63, 3.8) is 0 Å². The van der Waals surface area contributed by atoms with Gasteiger partial charge in [-0.05, 0) is 37.1 Å². The fourth-order valence-corrected chi connectivity index (χ4v) is 2.48. The summed E-state index contributed by atoms with van der Waals surface area (Å²) in [6.45, 7) is 6.01. The maximum atomic E-state index is 11.5. The molecule has 2 N–H and O–H groups in total. The zero-order valence-corrected chi connectivity index (χ0v) is 15.1. The topological polar surface area (TPSA) is 67.8 Å². The molecule has 0 spiro atoms. The summed E-state index contributed by atoms with van der Waals surface area (Å²) < 4.78 is 10.2. The molecular formula is C19H31NO4. The molecule has 136 valence electrons. The molecule has 1 rings (SSSR count). The maximum Gasteiger partial charge on any atom is 0.337 e. The number of carbonyl (C=O) groups excluding carboxylic acids is 1. The second-order valence-corrected chi connectivity index (χ2v) is 6.06. The molecule has 0 heterocycles. The summed E-state index contributed by atoms with van der Waals surface area (Å²) in [5.41, 5.74) is 0.435. The second kappa shape index (κ2) is 11.9. The van der Waals surface area contributed by atoms with Gasteiger partial charge >= 0.3 is 5.97 Å². The van der Waals surface area contributed by atoms with Crippen LogP contribution in [0.5, 0.6) is 5.75 Å². The van der Waals surface area contributed by atoms with E-state index in [9.17, 15) is 9.90 Å². The fourth-order valence-electron chi connectivity index (χ4n) is 2.48. The number of unbranched alkanes of at least 4 members (excludes halogenated alkanes) is 1. The van der Waals surface area contributed by atoms with Gasteiger partial charge in [0, 0.05) is 6.54 Å². The van der Waals surface area contributed by atoms with Crippen LogP contribution >= 0.6 is 0 Å². The van der Waals surface area contributed by atoms with Crippen LogP contribution in [0.15, 0.2) is 24.3 Å². The van der Waals surface area contributed by atoms with E-state index >= 15 is 0 Å². The number of rotatable bonds is 12. The molecule has 0 aromatic heterocycles. The molecule has 0 aliphatic rings. The Kier molecular flexibility index (Phi) is 10.1. The number of methoxy groups -OCH3 is 1. The van der Waals surface area contributed by atoms with Crippen LogP contribution in [0.1, 0.15) is 49.9 Å². The lowest BCUT2D eigenvalue weighted by Gasteiger charge is -2.18. The quantitative estimate of drug-likeness (QED) is 0.574. The number of esters is 1. The Labute approximate surface area is 145 Å². The van der Waals surface area contributed by atoms with E-state index in [1.807, 2.05) is 0 Å². The highest BCUT2D eigenvalue weighted by Gasteiger charge is 2.10. The molecule has 0 unspecified atom stereocenters. The fraction of sp³-hybridized carbons (Fsp3) is 0.632. The van der Waals surface area contributed by atoms with Crippen LogP contribution in [0.25, 0.3) is 0 Å². The molecule has 0 aliphatic heterocycles. The molecule has 0 saturated heterocycles. The molecular weight excluding hydrogens is 306 g/mol. The van der Waals surface area contributed by atoms with Crippen LogP contribution in [0.3, 0.4) is 0 Å². The number of aliphatic hydroxyl groups is 1. The van der Waals surface area contributed by atoms with Gasteiger partial charge in [-0.25, -0.2) is 4.79 Å². The highest BCUT2D eigenvalue weighted by atomic mass is 16.5. The molecule has 2 atom stereocenters. The lowest BCUT2D eigenvalue weighted by Crippen LogP contribution is -2.34. The summed E-state index contributed by atoms with van der Waals surface area (Å²) in [4.78, 5) is 11.5. The Hall–Kier alpha value is -1.59. The summed E-state index contributed by atoms with van der Waals surface area (Å²) >= 11 is 0. The van der Waals surface area contributed by atoms with Crippen LogP contribution < -0.4 is 10.1 Å². The monoisotopic (exact) mass is 337 g/mol. The standard InChI is InChI=1S/C19H31NO4/c1-4-6-8-15(5-2)12-20-13-17(21)14-24-18-10-7-9-16(11-18)19(22)23-3/h7,9-11,15,17,20-21H,4-6,8,12-14H2,1-3H3/t15-,17-/m0/s1. The normalized spacial score (nSPS) is 13.3. The predicted molar refractivity (Wildman–Crippen MR) is 95.5 cm³/mol. The maximum absolute atomic E-state index is 11.5. The van der Waals surface area contributed by atoms with Crippen molar-refractivity contribution in [1.29, 1.82) is 0 Å². The number of benzene rings is 1. The highest BCUT2D eigenvalue weighted by Crippen LogP contribution is 2.14. The lowest BCUT2D eigenvalue weighted by atomic mass is 9.99. The Balaban J connectivity index is 2.30. The summed E-state index contributed by atoms with van der Waals surface area (Å²) in [6.07, 6.45) is 4.27. The molecule has 0 saturated carbocycles. The van der Waals surface area contributed by atoms with Gasteiger partial charge in [0.2, 0.25) is 0 Å². The van der Waals surface area contributed by atoms with E-state index in [1.165, 1.54) is 26.4 Å². The van der Waals surface area contributed by atoms with Gasteiger partial charge in [-0.15, -0.1) is 0 Å². The summed E-state index contributed by atoms with van der Waals surface area (Å²) in [5, 5.41) is 13.3. The van der Waals surface area contributed by atoms with Crippen molar-refractivity contribution in [2.24, 2.45) is 5.92 Å². The van der Waals surface area contributed by atoms with E-state index in [-0.39, 0.29) is 6.61 Å². The van der Waals surface area contributed by atoms with Crippen LogP contribution in [-0.4, -0.2) is 44.0 Å². The van der Waals surface area contributed by atoms with Gasteiger partial charge in [-0.2, -0.15) is 0 Å². The van der Waals surface area contributed by atoms with Gasteiger partial charge < -0.3 is 19.9 Å². The SMILES string of the molecule is CCCC[C@H](CC)CNC[C@H](O)COc1cccc(C(=O)OC)c1. The number of hydrogen-bond acceptors (Lipinski definition) is 5. The van der Waals surface area contributed by atoms with E-state index in [0.717, 1.165) is 13.0 Å². The summed E-state index contributed by atoms with van der Waals surface area (Å²) in [5.74, 6) is 0.807. The molecule has 0 amide bonds. The molecule has 1 aromatic rings. The number of carbonyl (C=O) groups is 1. The average molecular weight is 337 g/mol. The number of aliphatic hydroxyl groups excluding tert-OH is 1. The minimum absolute atomic E-state index is 0.184. The first-order valence-corrected chi connectivity index (χ1v) is 8.80. The van der Waals surface area contributed by atoms with Gasteiger partial charge in [-0.1, -0.05) is 39.2 Å². The van der Waals surface area contributed by atoms with Crippen molar-refractivity contribution in [3.05, 3.63) is 29.8 Å². The van der Waals surface area contributed by atoms with Gasteiger partial charge in [-0.3, -0.25) is 0 Å². The van der Waals surface area contributed by atoms with Crippen LogP contribution in [0.4, 0.5) is 0 Å². The minimum atomic E-state index is -0.588. The zero-order valence-electron chi connectivity index (χ0n) is 15.1. The molecule has 0 bridgehead atoms. The second-order valence-electron chi connectivity index (χ2n) is 6.06. The van der Waals surface area contributed by atoms with E-state index in [1.54, 1.807) is 24.3 Å². The van der Waals surface area contributed by atoms with E-state index in [2.05, 4.69) is 23.9 Å². The molecule has 0 fully saturated rings. The Morgan fingerprint density at radius 1 is 1.29 bits per heavy atom. The van der Waals surface area contributed by atoms with Crippen molar-refractivity contribution < 1.29 is 19.4 Å². The van der Waals surface area contributed by atoms with Gasteiger partial charge in [0.15, 0.2) is 0 Å². The molecule has 0 radical (unpaired) electrons. The Morgan fingerprint density at radius 3 is 2.75 bits per heavy atom. The van der Waals surface area contributed by atoms with E-state index in [0.29, 0.717) is 23.8 Å². The first-order valence-electron chi connectivity index (χ1n) is 8.80. The van der Waals surface area contributed by atoms with Crippen molar-refractivity contribution in [1.82, 2.24) is 5.32 Å². The molecule has 0 aliphatic carbocycles. The Bertz CT molecular complexity index is 478.